The largest absolute Gasteiger partial charge is 0.245 e. The molecule has 0 saturated heterocycles. The Labute approximate surface area is 86.6 Å². The molecule has 1 aromatic rings. The molecule has 0 radical (unpaired) electrons. The van der Waals surface area contributed by atoms with E-state index < -0.39 is 6.17 Å². The maximum absolute atomic E-state index is 12.9. The van der Waals surface area contributed by atoms with E-state index in [1.165, 1.54) is 4.68 Å². The van der Waals surface area contributed by atoms with Gasteiger partial charge in [-0.05, 0) is 38.3 Å². The summed E-state index contributed by atoms with van der Waals surface area (Å²) in [6.45, 7) is 2.04. The second-order valence-electron chi connectivity index (χ2n) is 2.34. The Kier molecular flexibility index (Phi) is 3.64. The van der Waals surface area contributed by atoms with Gasteiger partial charge in [-0.15, -0.1) is 5.10 Å². The molecule has 0 N–H and O–H groups in total. The van der Waals surface area contributed by atoms with Crippen molar-refractivity contribution in [2.45, 2.75) is 26.1 Å². The van der Waals surface area contributed by atoms with Crippen molar-refractivity contribution in [1.29, 1.82) is 0 Å². The van der Waals surface area contributed by atoms with Crippen LogP contribution in [0.5, 0.6) is 0 Å². The van der Waals surface area contributed by atoms with Crippen molar-refractivity contribution in [2.75, 3.05) is 0 Å². The van der Waals surface area contributed by atoms with E-state index in [2.05, 4.69) is 41.9 Å². The van der Waals surface area contributed by atoms with Crippen molar-refractivity contribution in [3.63, 3.8) is 0 Å². The molecule has 1 unspecified atom stereocenters. The van der Waals surface area contributed by atoms with Crippen molar-refractivity contribution >= 4 is 31.9 Å². The summed E-state index contributed by atoms with van der Waals surface area (Å²) >= 11 is 6.27. The molecule has 1 heterocycles. The molecule has 0 aromatic carbocycles. The molecule has 0 saturated carbocycles. The van der Waals surface area contributed by atoms with Crippen LogP contribution in [-0.2, 0) is 6.54 Å². The first-order chi connectivity index (χ1) is 5.63. The van der Waals surface area contributed by atoms with Crippen LogP contribution in [-0.4, -0.2) is 20.9 Å². The summed E-state index contributed by atoms with van der Waals surface area (Å²) in [5.74, 6) is 0. The number of alkyl halides is 1. The zero-order chi connectivity index (χ0) is 9.14. The van der Waals surface area contributed by atoms with Crippen LogP contribution in [0, 0.1) is 0 Å². The fraction of sp³-hybridized carbons (Fsp3) is 0.667. The molecule has 1 rings (SSSR count). The topological polar surface area (TPSA) is 30.7 Å². The number of hydrogen-bond donors (Lipinski definition) is 0. The molecule has 12 heavy (non-hydrogen) atoms. The zero-order valence-corrected chi connectivity index (χ0v) is 9.64. The van der Waals surface area contributed by atoms with Crippen molar-refractivity contribution in [3.8, 4) is 0 Å². The fourth-order valence-corrected chi connectivity index (χ4v) is 1.72. The molecule has 0 aliphatic carbocycles. The molecule has 6 heteroatoms. The molecule has 3 nitrogen and oxygen atoms in total. The van der Waals surface area contributed by atoms with E-state index in [4.69, 9.17) is 0 Å². The third kappa shape index (κ3) is 2.52. The number of aromatic nitrogens is 3. The summed E-state index contributed by atoms with van der Waals surface area (Å²) in [5, 5.41) is 3.93. The first kappa shape index (κ1) is 10.1. The van der Waals surface area contributed by atoms with E-state index in [-0.39, 0.29) is 6.54 Å². The van der Waals surface area contributed by atoms with E-state index in [9.17, 15) is 4.39 Å². The highest BCUT2D eigenvalue weighted by molar-refractivity contribution is 9.11. The minimum atomic E-state index is -0.866. The number of halogens is 3. The summed E-state index contributed by atoms with van der Waals surface area (Å²) in [4.78, 5) is 3.92. The summed E-state index contributed by atoms with van der Waals surface area (Å²) < 4.78 is 15.4. The number of hydrogen-bond acceptors (Lipinski definition) is 2. The monoisotopic (exact) mass is 299 g/mol. The fourth-order valence-electron chi connectivity index (χ4n) is 0.730. The summed E-state index contributed by atoms with van der Waals surface area (Å²) in [6, 6.07) is 0. The van der Waals surface area contributed by atoms with Crippen LogP contribution in [0.3, 0.4) is 0 Å². The van der Waals surface area contributed by atoms with Gasteiger partial charge in [-0.25, -0.2) is 9.07 Å². The normalized spacial score (nSPS) is 13.3. The van der Waals surface area contributed by atoms with Gasteiger partial charge < -0.3 is 0 Å². The Hall–Kier alpha value is 0.0300. The van der Waals surface area contributed by atoms with Crippen molar-refractivity contribution < 1.29 is 4.39 Å². The van der Waals surface area contributed by atoms with Gasteiger partial charge in [0.05, 0.1) is 6.54 Å². The molecular weight excluding hydrogens is 293 g/mol. The summed E-state index contributed by atoms with van der Waals surface area (Å²) in [7, 11) is 0. The lowest BCUT2D eigenvalue weighted by Gasteiger charge is -2.04. The highest BCUT2D eigenvalue weighted by Gasteiger charge is 2.09. The minimum Gasteiger partial charge on any atom is -0.245 e. The molecule has 0 bridgehead atoms. The molecule has 1 aromatic heterocycles. The highest BCUT2D eigenvalue weighted by Crippen LogP contribution is 2.12. The molecule has 0 aliphatic heterocycles. The second-order valence-corrected chi connectivity index (χ2v) is 3.76. The van der Waals surface area contributed by atoms with Crippen LogP contribution in [0.2, 0.25) is 0 Å². The predicted octanol–water partition coefficient (Wildman–Crippen LogP) is 2.55. The van der Waals surface area contributed by atoms with Gasteiger partial charge in [-0.2, -0.15) is 4.98 Å². The lowest BCUT2D eigenvalue weighted by atomic mass is 10.3. The van der Waals surface area contributed by atoms with Gasteiger partial charge in [0.25, 0.3) is 0 Å². The van der Waals surface area contributed by atoms with E-state index in [1.54, 1.807) is 6.92 Å². The van der Waals surface area contributed by atoms with Crippen molar-refractivity contribution in [3.05, 3.63) is 9.47 Å². The van der Waals surface area contributed by atoms with E-state index in [0.717, 1.165) is 0 Å². The maximum atomic E-state index is 12.9. The van der Waals surface area contributed by atoms with Crippen molar-refractivity contribution in [2.24, 2.45) is 0 Å². The molecule has 0 amide bonds. The third-order valence-corrected chi connectivity index (χ3v) is 2.34. The average molecular weight is 301 g/mol. The van der Waals surface area contributed by atoms with Crippen LogP contribution < -0.4 is 0 Å². The maximum Gasteiger partial charge on any atom is 0.218 e. The van der Waals surface area contributed by atoms with E-state index in [1.807, 2.05) is 0 Å². The zero-order valence-electron chi connectivity index (χ0n) is 6.47. The smallest absolute Gasteiger partial charge is 0.218 e. The van der Waals surface area contributed by atoms with Gasteiger partial charge in [0.2, 0.25) is 4.73 Å². The molecule has 0 aliphatic rings. The number of rotatable bonds is 3. The van der Waals surface area contributed by atoms with Crippen molar-refractivity contribution in [1.82, 2.24) is 14.8 Å². The summed E-state index contributed by atoms with van der Waals surface area (Å²) in [6.07, 6.45) is -0.376. The van der Waals surface area contributed by atoms with Gasteiger partial charge in [-0.3, -0.25) is 0 Å². The number of nitrogens with zero attached hydrogens (tertiary/aromatic N) is 3. The Balaban J connectivity index is 2.68. The SMILES string of the molecule is CCC(F)Cn1nc(Br)nc1Br. The van der Waals surface area contributed by atoms with E-state index in [0.29, 0.717) is 15.9 Å². The minimum absolute atomic E-state index is 0.246. The second kappa shape index (κ2) is 4.32. The first-order valence-corrected chi connectivity index (χ1v) is 5.12. The quantitative estimate of drug-likeness (QED) is 0.859. The van der Waals surface area contributed by atoms with E-state index >= 15 is 0 Å². The lowest BCUT2D eigenvalue weighted by Crippen LogP contribution is -2.11. The molecule has 0 spiro atoms. The third-order valence-electron chi connectivity index (χ3n) is 1.41. The lowest BCUT2D eigenvalue weighted by molar-refractivity contribution is 0.275. The van der Waals surface area contributed by atoms with Crippen LogP contribution in [0.1, 0.15) is 13.3 Å². The van der Waals surface area contributed by atoms with Gasteiger partial charge in [0.1, 0.15) is 6.17 Å². The Morgan fingerprint density at radius 2 is 2.25 bits per heavy atom. The van der Waals surface area contributed by atoms with Crippen LogP contribution in [0.4, 0.5) is 4.39 Å². The summed E-state index contributed by atoms with van der Waals surface area (Å²) in [5.41, 5.74) is 0. The molecular formula is C6H8Br2FN3. The average Bonchev–Trinajstić information content (AvgIpc) is 2.30. The van der Waals surface area contributed by atoms with Crippen LogP contribution in [0.25, 0.3) is 0 Å². The molecule has 1 atom stereocenters. The Morgan fingerprint density at radius 1 is 1.58 bits per heavy atom. The van der Waals surface area contributed by atoms with Gasteiger partial charge in [0.15, 0.2) is 4.73 Å². The van der Waals surface area contributed by atoms with Gasteiger partial charge in [0, 0.05) is 0 Å². The predicted molar refractivity (Wildman–Crippen MR) is 50.6 cm³/mol. The molecule has 0 fully saturated rings. The first-order valence-electron chi connectivity index (χ1n) is 3.53. The molecule has 68 valence electrons. The van der Waals surface area contributed by atoms with Gasteiger partial charge in [-0.1, -0.05) is 6.92 Å². The Morgan fingerprint density at radius 3 is 2.67 bits per heavy atom. The highest BCUT2D eigenvalue weighted by atomic mass is 79.9. The van der Waals surface area contributed by atoms with Crippen LogP contribution in [0.15, 0.2) is 9.47 Å². The standard InChI is InChI=1S/C6H8Br2FN3/c1-2-4(9)3-12-6(8)10-5(7)11-12/h4H,2-3H2,1H3. The Bertz CT molecular complexity index is 263. The van der Waals surface area contributed by atoms with Crippen LogP contribution >= 0.6 is 31.9 Å². The van der Waals surface area contributed by atoms with Gasteiger partial charge >= 0.3 is 0 Å².